The summed E-state index contributed by atoms with van der Waals surface area (Å²) < 4.78 is 10.2. The highest BCUT2D eigenvalue weighted by atomic mass is 16.5. The van der Waals surface area contributed by atoms with E-state index in [9.17, 15) is 9.59 Å². The van der Waals surface area contributed by atoms with E-state index in [0.29, 0.717) is 6.54 Å². The summed E-state index contributed by atoms with van der Waals surface area (Å²) in [6.45, 7) is 0.853. The summed E-state index contributed by atoms with van der Waals surface area (Å²) >= 11 is 0. The standard InChI is InChI=1S/C12H15N3O4/c16-11(15-6-9-2-1-5-18-9)8-19-12(17)10-7-13-3-4-14-10/h3-4,7,9H,1-2,5-6,8H2,(H,15,16)/t9-/m0/s1. The number of carbonyl (C=O) groups excluding carboxylic acids is 2. The smallest absolute Gasteiger partial charge is 0.359 e. The fourth-order valence-electron chi connectivity index (χ4n) is 1.69. The number of nitrogens with one attached hydrogen (secondary N) is 1. The first-order chi connectivity index (χ1) is 9.25. The first kappa shape index (κ1) is 13.4. The van der Waals surface area contributed by atoms with Crippen LogP contribution in [0.3, 0.4) is 0 Å². The van der Waals surface area contributed by atoms with Crippen molar-refractivity contribution in [2.45, 2.75) is 18.9 Å². The molecule has 1 saturated heterocycles. The molecule has 0 radical (unpaired) electrons. The summed E-state index contributed by atoms with van der Waals surface area (Å²) in [5.74, 6) is -1.02. The Bertz CT molecular complexity index is 432. The molecule has 1 aliphatic rings. The molecule has 0 spiro atoms. The molecule has 1 amide bonds. The Balaban J connectivity index is 1.67. The van der Waals surface area contributed by atoms with Gasteiger partial charge in [-0.25, -0.2) is 9.78 Å². The molecule has 1 N–H and O–H groups in total. The van der Waals surface area contributed by atoms with Gasteiger partial charge in [0.15, 0.2) is 12.3 Å². The van der Waals surface area contributed by atoms with E-state index >= 15 is 0 Å². The van der Waals surface area contributed by atoms with Gasteiger partial charge in [0.25, 0.3) is 5.91 Å². The van der Waals surface area contributed by atoms with Gasteiger partial charge in [0.2, 0.25) is 0 Å². The molecule has 0 saturated carbocycles. The second kappa shape index (κ2) is 6.79. The molecule has 7 nitrogen and oxygen atoms in total. The highest BCUT2D eigenvalue weighted by molar-refractivity contribution is 5.89. The lowest BCUT2D eigenvalue weighted by molar-refractivity contribution is -0.124. The maximum atomic E-state index is 11.5. The van der Waals surface area contributed by atoms with Crippen molar-refractivity contribution in [3.63, 3.8) is 0 Å². The minimum Gasteiger partial charge on any atom is -0.451 e. The fraction of sp³-hybridized carbons (Fsp3) is 0.500. The van der Waals surface area contributed by atoms with Crippen molar-refractivity contribution in [1.82, 2.24) is 15.3 Å². The summed E-state index contributed by atoms with van der Waals surface area (Å²) in [5.41, 5.74) is 0.0782. The van der Waals surface area contributed by atoms with E-state index in [4.69, 9.17) is 9.47 Å². The van der Waals surface area contributed by atoms with Crippen molar-refractivity contribution >= 4 is 11.9 Å². The second-order valence-electron chi connectivity index (χ2n) is 4.11. The predicted octanol–water partition coefficient (Wildman–Crippen LogP) is -0.0714. The van der Waals surface area contributed by atoms with Gasteiger partial charge in [-0.1, -0.05) is 0 Å². The van der Waals surface area contributed by atoms with Gasteiger partial charge in [-0.15, -0.1) is 0 Å². The van der Waals surface area contributed by atoms with E-state index in [2.05, 4.69) is 15.3 Å². The van der Waals surface area contributed by atoms with Crippen molar-refractivity contribution in [2.24, 2.45) is 0 Å². The van der Waals surface area contributed by atoms with Crippen LogP contribution in [0.5, 0.6) is 0 Å². The molecular weight excluding hydrogens is 250 g/mol. The zero-order valence-electron chi connectivity index (χ0n) is 10.4. The Kier molecular flexibility index (Phi) is 4.79. The molecule has 2 heterocycles. The number of hydrogen-bond acceptors (Lipinski definition) is 6. The summed E-state index contributed by atoms with van der Waals surface area (Å²) in [6.07, 6.45) is 6.15. The van der Waals surface area contributed by atoms with E-state index in [0.717, 1.165) is 19.4 Å². The quantitative estimate of drug-likeness (QED) is 0.749. The van der Waals surface area contributed by atoms with Gasteiger partial charge >= 0.3 is 5.97 Å². The van der Waals surface area contributed by atoms with Crippen molar-refractivity contribution in [2.75, 3.05) is 19.8 Å². The Labute approximate surface area is 110 Å². The number of aromatic nitrogens is 2. The molecule has 1 aromatic rings. The maximum absolute atomic E-state index is 11.5. The Hall–Kier alpha value is -2.02. The van der Waals surface area contributed by atoms with Crippen LogP contribution in [-0.4, -0.2) is 47.7 Å². The fourth-order valence-corrected chi connectivity index (χ4v) is 1.69. The predicted molar refractivity (Wildman–Crippen MR) is 64.3 cm³/mol. The first-order valence-electron chi connectivity index (χ1n) is 6.07. The van der Waals surface area contributed by atoms with Crippen molar-refractivity contribution in [3.8, 4) is 0 Å². The SMILES string of the molecule is O=C(COC(=O)c1cnccn1)NC[C@@H]1CCCO1. The maximum Gasteiger partial charge on any atom is 0.359 e. The molecule has 0 aromatic carbocycles. The molecule has 2 rings (SSSR count). The van der Waals surface area contributed by atoms with Crippen LogP contribution in [0.25, 0.3) is 0 Å². The third-order valence-electron chi connectivity index (χ3n) is 2.66. The highest BCUT2D eigenvalue weighted by Gasteiger charge is 2.17. The van der Waals surface area contributed by atoms with Crippen LogP contribution in [0, 0.1) is 0 Å². The topological polar surface area (TPSA) is 90.4 Å². The largest absolute Gasteiger partial charge is 0.451 e. The second-order valence-corrected chi connectivity index (χ2v) is 4.11. The molecule has 0 unspecified atom stereocenters. The lowest BCUT2D eigenvalue weighted by atomic mass is 10.2. The molecule has 1 fully saturated rings. The van der Waals surface area contributed by atoms with E-state index in [-0.39, 0.29) is 24.3 Å². The number of hydrogen-bond donors (Lipinski definition) is 1. The van der Waals surface area contributed by atoms with E-state index in [1.54, 1.807) is 0 Å². The summed E-state index contributed by atoms with van der Waals surface area (Å²) in [7, 11) is 0. The minimum absolute atomic E-state index is 0.0691. The summed E-state index contributed by atoms with van der Waals surface area (Å²) in [6, 6.07) is 0. The van der Waals surface area contributed by atoms with E-state index in [1.807, 2.05) is 0 Å². The molecule has 0 aliphatic carbocycles. The third-order valence-corrected chi connectivity index (χ3v) is 2.66. The molecule has 7 heteroatoms. The molecule has 19 heavy (non-hydrogen) atoms. The normalized spacial score (nSPS) is 18.0. The number of rotatable bonds is 5. The van der Waals surface area contributed by atoms with Gasteiger partial charge in [0.05, 0.1) is 12.3 Å². The number of esters is 1. The molecule has 1 aromatic heterocycles. The van der Waals surface area contributed by atoms with Crippen molar-refractivity contribution in [1.29, 1.82) is 0 Å². The summed E-state index contributed by atoms with van der Waals surface area (Å²) in [5, 5.41) is 2.65. The average Bonchev–Trinajstić information content (AvgIpc) is 2.96. The lowest BCUT2D eigenvalue weighted by Gasteiger charge is -2.10. The van der Waals surface area contributed by atoms with Crippen LogP contribution >= 0.6 is 0 Å². The molecule has 1 aliphatic heterocycles. The zero-order chi connectivity index (χ0) is 13.5. The Morgan fingerprint density at radius 2 is 2.37 bits per heavy atom. The molecule has 102 valence electrons. The number of ether oxygens (including phenoxy) is 2. The average molecular weight is 265 g/mol. The number of nitrogens with zero attached hydrogens (tertiary/aromatic N) is 2. The van der Waals surface area contributed by atoms with E-state index in [1.165, 1.54) is 18.6 Å². The molecular formula is C12H15N3O4. The third kappa shape index (κ3) is 4.29. The van der Waals surface area contributed by atoms with Gasteiger partial charge in [-0.3, -0.25) is 9.78 Å². The van der Waals surface area contributed by atoms with Crippen LogP contribution in [0.4, 0.5) is 0 Å². The highest BCUT2D eigenvalue weighted by Crippen LogP contribution is 2.10. The van der Waals surface area contributed by atoms with Crippen LogP contribution in [0.15, 0.2) is 18.6 Å². The zero-order valence-corrected chi connectivity index (χ0v) is 10.4. The number of carbonyl (C=O) groups is 2. The van der Waals surface area contributed by atoms with Crippen molar-refractivity contribution < 1.29 is 19.1 Å². The van der Waals surface area contributed by atoms with Crippen LogP contribution in [-0.2, 0) is 14.3 Å². The van der Waals surface area contributed by atoms with Gasteiger partial charge in [-0.05, 0) is 12.8 Å². The van der Waals surface area contributed by atoms with Crippen LogP contribution < -0.4 is 5.32 Å². The molecule has 1 atom stereocenters. The first-order valence-corrected chi connectivity index (χ1v) is 6.07. The Morgan fingerprint density at radius 3 is 3.05 bits per heavy atom. The van der Waals surface area contributed by atoms with Gasteiger partial charge in [-0.2, -0.15) is 0 Å². The Morgan fingerprint density at radius 1 is 1.47 bits per heavy atom. The lowest BCUT2D eigenvalue weighted by Crippen LogP contribution is -2.34. The van der Waals surface area contributed by atoms with Crippen LogP contribution in [0.2, 0.25) is 0 Å². The van der Waals surface area contributed by atoms with Gasteiger partial charge in [0, 0.05) is 25.5 Å². The monoisotopic (exact) mass is 265 g/mol. The number of amides is 1. The summed E-state index contributed by atoms with van der Waals surface area (Å²) in [4.78, 5) is 30.5. The van der Waals surface area contributed by atoms with E-state index < -0.39 is 5.97 Å². The van der Waals surface area contributed by atoms with Gasteiger partial charge in [0.1, 0.15) is 0 Å². The van der Waals surface area contributed by atoms with Gasteiger partial charge < -0.3 is 14.8 Å². The van der Waals surface area contributed by atoms with Crippen molar-refractivity contribution in [3.05, 3.63) is 24.3 Å². The molecule has 0 bridgehead atoms. The minimum atomic E-state index is -0.666. The van der Waals surface area contributed by atoms with Crippen LogP contribution in [0.1, 0.15) is 23.3 Å².